The number of methoxy groups -OCH3 is 1. The zero-order valence-electron chi connectivity index (χ0n) is 17.9. The minimum atomic E-state index is -1.44. The van der Waals surface area contributed by atoms with Crippen LogP contribution in [-0.2, 0) is 14.4 Å². The van der Waals surface area contributed by atoms with E-state index in [1.807, 2.05) is 0 Å². The van der Waals surface area contributed by atoms with Gasteiger partial charge in [0.05, 0.1) is 19.6 Å². The Labute approximate surface area is 188 Å². The maximum atomic E-state index is 14.4. The summed E-state index contributed by atoms with van der Waals surface area (Å²) in [5.74, 6) is -2.57. The second kappa shape index (κ2) is 9.94. The zero-order chi connectivity index (χ0) is 24.1. The number of aliphatic carboxylic acids is 1. The number of rotatable bonds is 7. The van der Waals surface area contributed by atoms with Crippen LogP contribution in [0, 0.1) is 5.82 Å². The van der Waals surface area contributed by atoms with Crippen LogP contribution in [0.15, 0.2) is 54.7 Å². The van der Waals surface area contributed by atoms with Crippen molar-refractivity contribution in [3.05, 3.63) is 66.1 Å². The van der Waals surface area contributed by atoms with E-state index in [0.29, 0.717) is 16.9 Å². The number of hydrogen-bond acceptors (Lipinski definition) is 5. The lowest BCUT2D eigenvalue weighted by Crippen LogP contribution is -2.55. The average Bonchev–Trinajstić information content (AvgIpc) is 2.78. The number of amides is 3. The molecule has 172 valence electrons. The van der Waals surface area contributed by atoms with Crippen molar-refractivity contribution in [2.75, 3.05) is 14.2 Å². The van der Waals surface area contributed by atoms with Gasteiger partial charge in [0, 0.05) is 19.3 Å². The Morgan fingerprint density at radius 1 is 1.18 bits per heavy atom. The molecule has 1 aliphatic rings. The molecule has 2 aromatic carbocycles. The maximum Gasteiger partial charge on any atom is 0.316 e. The average molecular weight is 455 g/mol. The number of carboxylic acid groups (broad SMARTS) is 1. The molecular formula is C23H22FN3O6. The standard InChI is InChI=1S/C23H22FN3O6/c1-27-7-6-19(28)21(22(27)31)26-23(32)25-18(12-20(29)30)15-8-14(9-16(24)10-15)13-4-3-5-17(11-13)33-2/h3-11,18,21H,12H2,1-2H3,(H,29,30)(H2,25,26,32)/t18-,21?/m0/s1. The molecule has 0 bridgehead atoms. The predicted octanol–water partition coefficient (Wildman–Crippen LogP) is 2.24. The van der Waals surface area contributed by atoms with Gasteiger partial charge in [-0.05, 0) is 47.0 Å². The van der Waals surface area contributed by atoms with Crippen molar-refractivity contribution in [2.45, 2.75) is 18.5 Å². The molecule has 0 spiro atoms. The quantitative estimate of drug-likeness (QED) is 0.550. The van der Waals surface area contributed by atoms with E-state index in [1.54, 1.807) is 30.3 Å². The molecule has 0 aromatic heterocycles. The van der Waals surface area contributed by atoms with E-state index < -0.39 is 48.0 Å². The van der Waals surface area contributed by atoms with Crippen molar-refractivity contribution in [3.63, 3.8) is 0 Å². The molecule has 33 heavy (non-hydrogen) atoms. The smallest absolute Gasteiger partial charge is 0.316 e. The van der Waals surface area contributed by atoms with Gasteiger partial charge in [-0.3, -0.25) is 14.4 Å². The number of nitrogens with one attached hydrogen (secondary N) is 2. The zero-order valence-corrected chi connectivity index (χ0v) is 17.9. The molecule has 1 heterocycles. The van der Waals surface area contributed by atoms with Crippen LogP contribution in [0.5, 0.6) is 5.75 Å². The van der Waals surface area contributed by atoms with Gasteiger partial charge in [-0.25, -0.2) is 9.18 Å². The van der Waals surface area contributed by atoms with Gasteiger partial charge in [-0.2, -0.15) is 0 Å². The highest BCUT2D eigenvalue weighted by molar-refractivity contribution is 6.14. The number of halogens is 1. The maximum absolute atomic E-state index is 14.4. The summed E-state index contributed by atoms with van der Waals surface area (Å²) in [7, 11) is 2.93. The van der Waals surface area contributed by atoms with Crippen LogP contribution in [0.4, 0.5) is 9.18 Å². The van der Waals surface area contributed by atoms with Gasteiger partial charge in [0.15, 0.2) is 11.8 Å². The van der Waals surface area contributed by atoms with E-state index in [0.717, 1.165) is 17.0 Å². The Balaban J connectivity index is 1.87. The van der Waals surface area contributed by atoms with E-state index in [2.05, 4.69) is 10.6 Å². The summed E-state index contributed by atoms with van der Waals surface area (Å²) in [5, 5.41) is 14.0. The molecule has 10 heteroatoms. The lowest BCUT2D eigenvalue weighted by Gasteiger charge is -2.25. The Kier molecular flexibility index (Phi) is 7.07. The monoisotopic (exact) mass is 455 g/mol. The molecule has 3 rings (SSSR count). The summed E-state index contributed by atoms with van der Waals surface area (Å²) in [6.07, 6.45) is 1.87. The number of nitrogens with zero attached hydrogens (tertiary/aromatic N) is 1. The molecule has 0 fully saturated rings. The Bertz CT molecular complexity index is 1130. The minimum Gasteiger partial charge on any atom is -0.497 e. The van der Waals surface area contributed by atoms with E-state index >= 15 is 0 Å². The highest BCUT2D eigenvalue weighted by Crippen LogP contribution is 2.28. The lowest BCUT2D eigenvalue weighted by atomic mass is 9.97. The fraction of sp³-hybridized carbons (Fsp3) is 0.217. The summed E-state index contributed by atoms with van der Waals surface area (Å²) in [6.45, 7) is 0. The molecule has 2 aromatic rings. The van der Waals surface area contributed by atoms with Crippen molar-refractivity contribution in [3.8, 4) is 16.9 Å². The van der Waals surface area contributed by atoms with Gasteiger partial charge >= 0.3 is 12.0 Å². The third-order valence-electron chi connectivity index (χ3n) is 5.03. The van der Waals surface area contributed by atoms with Crippen LogP contribution >= 0.6 is 0 Å². The fourth-order valence-electron chi connectivity index (χ4n) is 3.35. The number of hydrogen-bond donors (Lipinski definition) is 3. The van der Waals surface area contributed by atoms with Gasteiger partial charge in [0.2, 0.25) is 0 Å². The number of likely N-dealkylation sites (N-methyl/N-ethyl adjacent to an activating group) is 1. The number of ketones is 1. The first-order valence-electron chi connectivity index (χ1n) is 9.90. The SMILES string of the molecule is COc1cccc(-c2cc(F)cc([C@H](CC(=O)O)NC(=O)NC3C(=O)C=CN(C)C3=O)c2)c1. The molecule has 0 radical (unpaired) electrons. The Morgan fingerprint density at radius 2 is 1.94 bits per heavy atom. The molecule has 1 aliphatic heterocycles. The molecule has 9 nitrogen and oxygen atoms in total. The Morgan fingerprint density at radius 3 is 2.64 bits per heavy atom. The first-order chi connectivity index (χ1) is 15.7. The molecule has 3 N–H and O–H groups in total. The minimum absolute atomic E-state index is 0.198. The topological polar surface area (TPSA) is 125 Å². The van der Waals surface area contributed by atoms with Gasteiger partial charge in [-0.1, -0.05) is 12.1 Å². The summed E-state index contributed by atoms with van der Waals surface area (Å²) < 4.78 is 19.6. The molecule has 0 saturated heterocycles. The van der Waals surface area contributed by atoms with Gasteiger partial charge in [0.1, 0.15) is 11.6 Å². The summed E-state index contributed by atoms with van der Waals surface area (Å²) in [4.78, 5) is 49.2. The van der Waals surface area contributed by atoms with Crippen molar-refractivity contribution < 1.29 is 33.4 Å². The third kappa shape index (κ3) is 5.73. The van der Waals surface area contributed by atoms with Crippen LogP contribution < -0.4 is 15.4 Å². The van der Waals surface area contributed by atoms with E-state index in [1.165, 1.54) is 26.4 Å². The fourth-order valence-corrected chi connectivity index (χ4v) is 3.35. The van der Waals surface area contributed by atoms with E-state index in [9.17, 15) is 28.7 Å². The molecule has 0 aliphatic carbocycles. The second-order valence-corrected chi connectivity index (χ2v) is 7.37. The van der Waals surface area contributed by atoms with E-state index in [4.69, 9.17) is 4.74 Å². The van der Waals surface area contributed by atoms with Gasteiger partial charge in [-0.15, -0.1) is 0 Å². The third-order valence-corrected chi connectivity index (χ3v) is 5.03. The number of ether oxygens (including phenoxy) is 1. The van der Waals surface area contributed by atoms with Gasteiger partial charge < -0.3 is 25.4 Å². The highest BCUT2D eigenvalue weighted by atomic mass is 19.1. The van der Waals surface area contributed by atoms with Crippen molar-refractivity contribution in [1.29, 1.82) is 0 Å². The molecule has 2 atom stereocenters. The van der Waals surface area contributed by atoms with Crippen LogP contribution in [0.25, 0.3) is 11.1 Å². The Hall–Kier alpha value is -4.21. The van der Waals surface area contributed by atoms with Gasteiger partial charge in [0.25, 0.3) is 5.91 Å². The van der Waals surface area contributed by atoms with Crippen LogP contribution in [0.3, 0.4) is 0 Å². The first kappa shape index (κ1) is 23.5. The van der Waals surface area contributed by atoms with Crippen LogP contribution in [-0.4, -0.2) is 53.9 Å². The van der Waals surface area contributed by atoms with Crippen molar-refractivity contribution >= 4 is 23.7 Å². The van der Waals surface area contributed by atoms with Crippen molar-refractivity contribution in [1.82, 2.24) is 15.5 Å². The largest absolute Gasteiger partial charge is 0.497 e. The molecule has 1 unspecified atom stereocenters. The number of urea groups is 1. The van der Waals surface area contributed by atoms with Crippen LogP contribution in [0.2, 0.25) is 0 Å². The molecular weight excluding hydrogens is 433 g/mol. The predicted molar refractivity (Wildman–Crippen MR) is 116 cm³/mol. The first-order valence-corrected chi connectivity index (χ1v) is 9.90. The van der Waals surface area contributed by atoms with Crippen LogP contribution in [0.1, 0.15) is 18.0 Å². The second-order valence-electron chi connectivity index (χ2n) is 7.37. The van der Waals surface area contributed by atoms with E-state index in [-0.39, 0.29) is 5.56 Å². The number of carboxylic acids is 1. The number of benzene rings is 2. The normalized spacial score (nSPS) is 16.3. The highest BCUT2D eigenvalue weighted by Gasteiger charge is 2.32. The number of carbonyl (C=O) groups excluding carboxylic acids is 3. The molecule has 0 saturated carbocycles. The molecule has 3 amide bonds. The summed E-state index contributed by atoms with van der Waals surface area (Å²) >= 11 is 0. The lowest BCUT2D eigenvalue weighted by molar-refractivity contribution is -0.138. The number of carbonyl (C=O) groups is 4. The summed E-state index contributed by atoms with van der Waals surface area (Å²) in [5.41, 5.74) is 1.27. The summed E-state index contributed by atoms with van der Waals surface area (Å²) in [6, 6.07) is 7.31. The van der Waals surface area contributed by atoms with Crippen molar-refractivity contribution in [2.24, 2.45) is 0 Å².